The minimum absolute atomic E-state index is 0.0615. The fourth-order valence-corrected chi connectivity index (χ4v) is 2.93. The SMILES string of the molecule is C=CCc1cc(/C=N/NC(=O)C(NC(=O)c2ccccc2)C(C)C)cc(OCC)c1O. The van der Waals surface area contributed by atoms with Crippen LogP contribution in [0.25, 0.3) is 0 Å². The average molecular weight is 424 g/mol. The van der Waals surface area contributed by atoms with E-state index >= 15 is 0 Å². The lowest BCUT2D eigenvalue weighted by molar-refractivity contribution is -0.123. The second kappa shape index (κ2) is 11.5. The summed E-state index contributed by atoms with van der Waals surface area (Å²) in [6.07, 6.45) is 3.60. The summed E-state index contributed by atoms with van der Waals surface area (Å²) in [5.74, 6) is -0.491. The molecule has 0 radical (unpaired) electrons. The number of allylic oxidation sites excluding steroid dienone is 1. The van der Waals surface area contributed by atoms with E-state index < -0.39 is 11.9 Å². The number of hydrogen-bond donors (Lipinski definition) is 3. The molecule has 3 N–H and O–H groups in total. The zero-order chi connectivity index (χ0) is 22.8. The third-order valence-electron chi connectivity index (χ3n) is 4.50. The van der Waals surface area contributed by atoms with Gasteiger partial charge in [0.15, 0.2) is 11.5 Å². The number of amides is 2. The van der Waals surface area contributed by atoms with Gasteiger partial charge in [0.1, 0.15) is 6.04 Å². The highest BCUT2D eigenvalue weighted by atomic mass is 16.5. The lowest BCUT2D eigenvalue weighted by Gasteiger charge is -2.20. The van der Waals surface area contributed by atoms with Crippen LogP contribution in [0.4, 0.5) is 0 Å². The van der Waals surface area contributed by atoms with Crippen LogP contribution in [0, 0.1) is 5.92 Å². The van der Waals surface area contributed by atoms with Gasteiger partial charge in [0.25, 0.3) is 11.8 Å². The van der Waals surface area contributed by atoms with Crippen molar-refractivity contribution < 1.29 is 19.4 Å². The second-order valence-corrected chi connectivity index (χ2v) is 7.25. The molecule has 0 aliphatic carbocycles. The van der Waals surface area contributed by atoms with Crippen LogP contribution < -0.4 is 15.5 Å². The number of carbonyl (C=O) groups is 2. The third kappa shape index (κ3) is 6.70. The maximum absolute atomic E-state index is 12.6. The van der Waals surface area contributed by atoms with E-state index in [1.54, 1.807) is 42.5 Å². The number of aromatic hydroxyl groups is 1. The van der Waals surface area contributed by atoms with Crippen molar-refractivity contribution in [1.82, 2.24) is 10.7 Å². The number of rotatable bonds is 10. The molecule has 0 aliphatic heterocycles. The summed E-state index contributed by atoms with van der Waals surface area (Å²) in [5, 5.41) is 17.0. The van der Waals surface area contributed by atoms with Gasteiger partial charge in [-0.2, -0.15) is 5.10 Å². The van der Waals surface area contributed by atoms with Crippen LogP contribution in [-0.4, -0.2) is 35.8 Å². The maximum atomic E-state index is 12.6. The van der Waals surface area contributed by atoms with Crippen molar-refractivity contribution in [3.8, 4) is 11.5 Å². The van der Waals surface area contributed by atoms with Gasteiger partial charge in [-0.15, -0.1) is 6.58 Å². The van der Waals surface area contributed by atoms with E-state index in [9.17, 15) is 14.7 Å². The molecular weight excluding hydrogens is 394 g/mol. The molecule has 0 spiro atoms. The molecule has 1 atom stereocenters. The van der Waals surface area contributed by atoms with Gasteiger partial charge < -0.3 is 15.2 Å². The number of hydrogen-bond acceptors (Lipinski definition) is 5. The number of nitrogens with zero attached hydrogens (tertiary/aromatic N) is 1. The fourth-order valence-electron chi connectivity index (χ4n) is 2.93. The van der Waals surface area contributed by atoms with Crippen molar-refractivity contribution in [1.29, 1.82) is 0 Å². The van der Waals surface area contributed by atoms with E-state index in [-0.39, 0.29) is 17.6 Å². The molecule has 0 heterocycles. The van der Waals surface area contributed by atoms with Crippen LogP contribution in [0.1, 0.15) is 42.3 Å². The summed E-state index contributed by atoms with van der Waals surface area (Å²) in [7, 11) is 0. The first kappa shape index (κ1) is 23.7. The number of carbonyl (C=O) groups excluding carboxylic acids is 2. The van der Waals surface area contributed by atoms with E-state index in [0.717, 1.165) is 0 Å². The lowest BCUT2D eigenvalue weighted by Crippen LogP contribution is -2.48. The molecule has 0 saturated carbocycles. The van der Waals surface area contributed by atoms with Crippen LogP contribution in [-0.2, 0) is 11.2 Å². The van der Waals surface area contributed by atoms with Gasteiger partial charge in [0.05, 0.1) is 12.8 Å². The molecule has 2 rings (SSSR count). The largest absolute Gasteiger partial charge is 0.504 e. The Morgan fingerprint density at radius 1 is 1.23 bits per heavy atom. The van der Waals surface area contributed by atoms with Crippen molar-refractivity contribution in [2.45, 2.75) is 33.2 Å². The van der Waals surface area contributed by atoms with Crippen molar-refractivity contribution >= 4 is 18.0 Å². The first-order chi connectivity index (χ1) is 14.9. The molecule has 0 aliphatic rings. The predicted molar refractivity (Wildman–Crippen MR) is 121 cm³/mol. The number of phenolic OH excluding ortho intramolecular Hbond substituents is 1. The molecule has 2 aromatic rings. The molecular formula is C24H29N3O4. The highest BCUT2D eigenvalue weighted by Gasteiger charge is 2.24. The monoisotopic (exact) mass is 423 g/mol. The van der Waals surface area contributed by atoms with E-state index in [2.05, 4.69) is 22.4 Å². The predicted octanol–water partition coefficient (Wildman–Crippen LogP) is 3.42. The van der Waals surface area contributed by atoms with Gasteiger partial charge >= 0.3 is 0 Å². The molecule has 0 bridgehead atoms. The zero-order valence-electron chi connectivity index (χ0n) is 18.1. The van der Waals surface area contributed by atoms with E-state index in [0.29, 0.717) is 35.5 Å². The molecule has 0 fully saturated rings. The Bertz CT molecular complexity index is 939. The number of nitrogens with one attached hydrogen (secondary N) is 2. The lowest BCUT2D eigenvalue weighted by atomic mass is 10.0. The highest BCUT2D eigenvalue weighted by molar-refractivity contribution is 5.97. The van der Waals surface area contributed by atoms with E-state index in [1.165, 1.54) is 6.21 Å². The Morgan fingerprint density at radius 2 is 1.94 bits per heavy atom. The summed E-state index contributed by atoms with van der Waals surface area (Å²) in [5.41, 5.74) is 4.25. The van der Waals surface area contributed by atoms with Gasteiger partial charge in [-0.25, -0.2) is 5.43 Å². The Balaban J connectivity index is 2.11. The summed E-state index contributed by atoms with van der Waals surface area (Å²) in [4.78, 5) is 25.0. The first-order valence-electron chi connectivity index (χ1n) is 10.2. The van der Waals surface area contributed by atoms with Gasteiger partial charge in [-0.05, 0) is 49.1 Å². The second-order valence-electron chi connectivity index (χ2n) is 7.25. The molecule has 2 amide bonds. The highest BCUT2D eigenvalue weighted by Crippen LogP contribution is 2.31. The number of hydrazone groups is 1. The Hall–Kier alpha value is -3.61. The average Bonchev–Trinajstić information content (AvgIpc) is 2.75. The third-order valence-corrected chi connectivity index (χ3v) is 4.50. The van der Waals surface area contributed by atoms with E-state index in [1.807, 2.05) is 26.8 Å². The van der Waals surface area contributed by atoms with Gasteiger partial charge in [0, 0.05) is 11.1 Å². The smallest absolute Gasteiger partial charge is 0.262 e. The number of phenols is 1. The Morgan fingerprint density at radius 3 is 2.55 bits per heavy atom. The molecule has 0 saturated heterocycles. The van der Waals surface area contributed by atoms with Crippen LogP contribution in [0.2, 0.25) is 0 Å². The summed E-state index contributed by atoms with van der Waals surface area (Å²) in [6, 6.07) is 11.3. The van der Waals surface area contributed by atoms with Crippen LogP contribution in [0.5, 0.6) is 11.5 Å². The molecule has 164 valence electrons. The van der Waals surface area contributed by atoms with Gasteiger partial charge in [-0.1, -0.05) is 38.1 Å². The van der Waals surface area contributed by atoms with Crippen LogP contribution in [0.3, 0.4) is 0 Å². The summed E-state index contributed by atoms with van der Waals surface area (Å²) in [6.45, 7) is 9.60. The minimum atomic E-state index is -0.750. The van der Waals surface area contributed by atoms with Crippen LogP contribution >= 0.6 is 0 Å². The molecule has 1 unspecified atom stereocenters. The van der Waals surface area contributed by atoms with Crippen LogP contribution in [0.15, 0.2) is 60.2 Å². The molecule has 0 aromatic heterocycles. The normalized spacial score (nSPS) is 11.9. The minimum Gasteiger partial charge on any atom is -0.504 e. The number of benzene rings is 2. The molecule has 31 heavy (non-hydrogen) atoms. The van der Waals surface area contributed by atoms with Crippen molar-refractivity contribution in [3.63, 3.8) is 0 Å². The first-order valence-corrected chi connectivity index (χ1v) is 10.2. The topological polar surface area (TPSA) is 100 Å². The molecule has 7 heteroatoms. The quantitative estimate of drug-likeness (QED) is 0.310. The zero-order valence-corrected chi connectivity index (χ0v) is 18.1. The Kier molecular flexibility index (Phi) is 8.81. The fraction of sp³-hybridized carbons (Fsp3) is 0.292. The standard InChI is InChI=1S/C24H29N3O4/c1-5-10-19-13-17(14-20(22(19)28)31-6-2)15-25-27-24(30)21(16(3)4)26-23(29)18-11-8-7-9-12-18/h5,7-9,11-16,21,28H,1,6,10H2,2-4H3,(H,26,29)(H,27,30)/b25-15+. The summed E-state index contributed by atoms with van der Waals surface area (Å²) >= 11 is 0. The Labute approximate surface area is 182 Å². The van der Waals surface area contributed by atoms with Crippen molar-refractivity contribution in [3.05, 3.63) is 71.8 Å². The van der Waals surface area contributed by atoms with Crippen molar-refractivity contribution in [2.24, 2.45) is 11.0 Å². The molecule has 2 aromatic carbocycles. The summed E-state index contributed by atoms with van der Waals surface area (Å²) < 4.78 is 5.47. The maximum Gasteiger partial charge on any atom is 0.262 e. The van der Waals surface area contributed by atoms with Crippen molar-refractivity contribution in [2.75, 3.05) is 6.61 Å². The molecule has 7 nitrogen and oxygen atoms in total. The number of ether oxygens (including phenoxy) is 1. The van der Waals surface area contributed by atoms with Gasteiger partial charge in [-0.3, -0.25) is 9.59 Å². The van der Waals surface area contributed by atoms with E-state index in [4.69, 9.17) is 4.74 Å². The van der Waals surface area contributed by atoms with Gasteiger partial charge in [0.2, 0.25) is 0 Å².